The zero-order valence-corrected chi connectivity index (χ0v) is 9.71. The zero-order valence-electron chi connectivity index (χ0n) is 9.71. The second kappa shape index (κ2) is 5.29. The van der Waals surface area contributed by atoms with Gasteiger partial charge in [-0.25, -0.2) is 4.79 Å². The third kappa shape index (κ3) is 2.72. The average Bonchev–Trinajstić information content (AvgIpc) is 2.30. The smallest absolute Gasteiger partial charge is 0.337 e. The molecule has 92 valence electrons. The summed E-state index contributed by atoms with van der Waals surface area (Å²) in [6, 6.07) is 3.78. The van der Waals surface area contributed by atoms with Gasteiger partial charge in [-0.3, -0.25) is 10.1 Å². The maximum Gasteiger partial charge on any atom is 0.337 e. The molecule has 1 rings (SSSR count). The third-order valence-corrected chi connectivity index (χ3v) is 2.53. The molecular formula is C11H14N2O4. The van der Waals surface area contributed by atoms with Gasteiger partial charge in [0.25, 0.3) is 5.69 Å². The van der Waals surface area contributed by atoms with E-state index in [0.29, 0.717) is 18.8 Å². The van der Waals surface area contributed by atoms with Crippen molar-refractivity contribution < 1.29 is 14.8 Å². The first-order valence-electron chi connectivity index (χ1n) is 5.27. The van der Waals surface area contributed by atoms with Crippen LogP contribution >= 0.6 is 0 Å². The normalized spacial score (nSPS) is 10.0. The van der Waals surface area contributed by atoms with Gasteiger partial charge in [0.15, 0.2) is 0 Å². The van der Waals surface area contributed by atoms with Crippen molar-refractivity contribution in [3.8, 4) is 0 Å². The van der Waals surface area contributed by atoms with Gasteiger partial charge in [0.1, 0.15) is 0 Å². The van der Waals surface area contributed by atoms with Crippen molar-refractivity contribution in [1.29, 1.82) is 0 Å². The van der Waals surface area contributed by atoms with Crippen LogP contribution in [0.4, 0.5) is 11.4 Å². The van der Waals surface area contributed by atoms with Gasteiger partial charge in [-0.2, -0.15) is 0 Å². The van der Waals surface area contributed by atoms with Crippen molar-refractivity contribution in [3.63, 3.8) is 0 Å². The molecule has 0 saturated carbocycles. The monoisotopic (exact) mass is 238 g/mol. The van der Waals surface area contributed by atoms with E-state index in [2.05, 4.69) is 0 Å². The Morgan fingerprint density at radius 1 is 1.41 bits per heavy atom. The minimum absolute atomic E-state index is 0.0827. The molecule has 0 aliphatic carbocycles. The van der Waals surface area contributed by atoms with Gasteiger partial charge in [0.05, 0.1) is 16.2 Å². The number of hydrogen-bond acceptors (Lipinski definition) is 4. The fraction of sp³-hybridized carbons (Fsp3) is 0.364. The van der Waals surface area contributed by atoms with Crippen LogP contribution in [0, 0.1) is 10.1 Å². The highest BCUT2D eigenvalue weighted by atomic mass is 16.6. The van der Waals surface area contributed by atoms with E-state index in [1.54, 1.807) is 4.90 Å². The van der Waals surface area contributed by atoms with Crippen molar-refractivity contribution in [2.24, 2.45) is 0 Å². The number of nitro benzene ring substituents is 1. The van der Waals surface area contributed by atoms with Crippen LogP contribution in [0.15, 0.2) is 18.2 Å². The minimum Gasteiger partial charge on any atom is -0.478 e. The number of benzene rings is 1. The van der Waals surface area contributed by atoms with E-state index < -0.39 is 10.9 Å². The molecular weight excluding hydrogens is 224 g/mol. The summed E-state index contributed by atoms with van der Waals surface area (Å²) >= 11 is 0. The van der Waals surface area contributed by atoms with E-state index in [9.17, 15) is 14.9 Å². The fourth-order valence-corrected chi connectivity index (χ4v) is 1.64. The van der Waals surface area contributed by atoms with Crippen molar-refractivity contribution in [1.82, 2.24) is 0 Å². The predicted octanol–water partition coefficient (Wildman–Crippen LogP) is 2.14. The van der Waals surface area contributed by atoms with E-state index in [1.807, 2.05) is 13.8 Å². The van der Waals surface area contributed by atoms with Crippen LogP contribution < -0.4 is 4.90 Å². The second-order valence-electron chi connectivity index (χ2n) is 3.44. The molecule has 1 aromatic rings. The van der Waals surface area contributed by atoms with Crippen LogP contribution in [0.1, 0.15) is 24.2 Å². The molecule has 0 saturated heterocycles. The lowest BCUT2D eigenvalue weighted by molar-refractivity contribution is -0.384. The van der Waals surface area contributed by atoms with E-state index in [0.717, 1.165) is 0 Å². The minimum atomic E-state index is -1.08. The number of nitro groups is 1. The topological polar surface area (TPSA) is 83.7 Å². The first-order chi connectivity index (χ1) is 8.01. The van der Waals surface area contributed by atoms with Gasteiger partial charge < -0.3 is 10.0 Å². The molecule has 0 atom stereocenters. The highest BCUT2D eigenvalue weighted by molar-refractivity contribution is 5.95. The molecule has 0 radical (unpaired) electrons. The zero-order chi connectivity index (χ0) is 13.0. The summed E-state index contributed by atoms with van der Waals surface area (Å²) in [4.78, 5) is 23.0. The van der Waals surface area contributed by atoms with Crippen LogP contribution in [-0.4, -0.2) is 29.1 Å². The summed E-state index contributed by atoms with van der Waals surface area (Å²) in [7, 11) is 0. The number of hydrogen-bond donors (Lipinski definition) is 1. The summed E-state index contributed by atoms with van der Waals surface area (Å²) in [5.41, 5.74) is 0.368. The summed E-state index contributed by atoms with van der Waals surface area (Å²) in [6.45, 7) is 4.93. The largest absolute Gasteiger partial charge is 0.478 e. The number of aromatic carboxylic acids is 1. The van der Waals surface area contributed by atoms with Gasteiger partial charge in [-0.15, -0.1) is 0 Å². The van der Waals surface area contributed by atoms with E-state index in [1.165, 1.54) is 18.2 Å². The lowest BCUT2D eigenvalue weighted by Gasteiger charge is -2.22. The van der Waals surface area contributed by atoms with Crippen LogP contribution in [0.2, 0.25) is 0 Å². The quantitative estimate of drug-likeness (QED) is 0.627. The molecule has 0 aliphatic heterocycles. The van der Waals surface area contributed by atoms with Gasteiger partial charge >= 0.3 is 5.97 Å². The summed E-state index contributed by atoms with van der Waals surface area (Å²) < 4.78 is 0. The van der Waals surface area contributed by atoms with Crippen LogP contribution in [0.3, 0.4) is 0 Å². The lowest BCUT2D eigenvalue weighted by Crippen LogP contribution is -2.24. The maximum absolute atomic E-state index is 11.0. The molecule has 0 unspecified atom stereocenters. The summed E-state index contributed by atoms with van der Waals surface area (Å²) in [6.07, 6.45) is 0. The summed E-state index contributed by atoms with van der Waals surface area (Å²) in [5, 5.41) is 19.7. The molecule has 1 N–H and O–H groups in total. The molecule has 0 aliphatic rings. The number of carboxylic acid groups (broad SMARTS) is 1. The molecule has 17 heavy (non-hydrogen) atoms. The Morgan fingerprint density at radius 2 is 2.00 bits per heavy atom. The van der Waals surface area contributed by atoms with Gasteiger partial charge in [-0.1, -0.05) is 0 Å². The molecule has 6 heteroatoms. The molecule has 0 fully saturated rings. The number of carbonyl (C=O) groups is 1. The standard InChI is InChI=1S/C11H14N2O4/c1-3-12(4-2)10-7-8(13(16)17)5-6-9(10)11(14)15/h5-7H,3-4H2,1-2H3,(H,14,15). The third-order valence-electron chi connectivity index (χ3n) is 2.53. The molecule has 0 aromatic heterocycles. The Morgan fingerprint density at radius 3 is 2.41 bits per heavy atom. The molecule has 0 amide bonds. The SMILES string of the molecule is CCN(CC)c1cc([N+](=O)[O-])ccc1C(=O)O. The molecule has 1 aromatic carbocycles. The van der Waals surface area contributed by atoms with E-state index in [4.69, 9.17) is 5.11 Å². The second-order valence-corrected chi connectivity index (χ2v) is 3.44. The molecule has 0 bridgehead atoms. The van der Waals surface area contributed by atoms with Crippen LogP contribution in [0.25, 0.3) is 0 Å². The number of nitrogens with zero attached hydrogens (tertiary/aromatic N) is 2. The first kappa shape index (κ1) is 13.0. The van der Waals surface area contributed by atoms with Crippen molar-refractivity contribution in [2.45, 2.75) is 13.8 Å². The Hall–Kier alpha value is -2.11. The van der Waals surface area contributed by atoms with E-state index >= 15 is 0 Å². The van der Waals surface area contributed by atoms with Crippen LogP contribution in [-0.2, 0) is 0 Å². The first-order valence-corrected chi connectivity index (χ1v) is 5.27. The van der Waals surface area contributed by atoms with Crippen LogP contribution in [0.5, 0.6) is 0 Å². The van der Waals surface area contributed by atoms with E-state index in [-0.39, 0.29) is 11.3 Å². The maximum atomic E-state index is 11.0. The molecule has 0 spiro atoms. The highest BCUT2D eigenvalue weighted by Crippen LogP contribution is 2.26. The Balaban J connectivity index is 3.34. The molecule has 6 nitrogen and oxygen atoms in total. The molecule has 0 heterocycles. The Bertz CT molecular complexity index is 441. The van der Waals surface area contributed by atoms with Gasteiger partial charge in [0, 0.05) is 25.2 Å². The predicted molar refractivity (Wildman–Crippen MR) is 63.6 cm³/mol. The lowest BCUT2D eigenvalue weighted by atomic mass is 10.1. The number of non-ortho nitro benzene ring substituents is 1. The number of anilines is 1. The van der Waals surface area contributed by atoms with Crippen molar-refractivity contribution >= 4 is 17.3 Å². The Labute approximate surface area is 98.6 Å². The Kier molecular flexibility index (Phi) is 4.03. The van der Waals surface area contributed by atoms with Gasteiger partial charge in [-0.05, 0) is 19.9 Å². The highest BCUT2D eigenvalue weighted by Gasteiger charge is 2.18. The van der Waals surface area contributed by atoms with Gasteiger partial charge in [0.2, 0.25) is 0 Å². The summed E-state index contributed by atoms with van der Waals surface area (Å²) in [5.74, 6) is -1.08. The van der Waals surface area contributed by atoms with Crippen molar-refractivity contribution in [3.05, 3.63) is 33.9 Å². The van der Waals surface area contributed by atoms with Crippen molar-refractivity contribution in [2.75, 3.05) is 18.0 Å². The number of carboxylic acids is 1. The average molecular weight is 238 g/mol. The fourth-order valence-electron chi connectivity index (χ4n) is 1.64. The number of rotatable bonds is 5.